The topological polar surface area (TPSA) is 88.6 Å². The summed E-state index contributed by atoms with van der Waals surface area (Å²) >= 11 is 0. The Morgan fingerprint density at radius 2 is 1.89 bits per heavy atom. The number of carbonyl (C=O) groups excluding carboxylic acids is 1. The van der Waals surface area contributed by atoms with Gasteiger partial charge in [-0.2, -0.15) is 0 Å². The average molecular weight is 404 g/mol. The highest BCUT2D eigenvalue weighted by Crippen LogP contribution is 2.40. The Balaban J connectivity index is 0.00000225. The van der Waals surface area contributed by atoms with Gasteiger partial charge in [-0.3, -0.25) is 9.59 Å². The van der Waals surface area contributed by atoms with Gasteiger partial charge in [-0.15, -0.1) is 12.4 Å². The molecule has 1 aromatic carbocycles. The van der Waals surface area contributed by atoms with Crippen LogP contribution in [0.1, 0.15) is 29.6 Å². The van der Waals surface area contributed by atoms with E-state index in [1.54, 1.807) is 10.6 Å². The van der Waals surface area contributed by atoms with Crippen LogP contribution in [0.25, 0.3) is 0 Å². The Kier molecular flexibility index (Phi) is 6.23. The number of rotatable bonds is 4. The van der Waals surface area contributed by atoms with E-state index in [4.69, 9.17) is 5.73 Å². The van der Waals surface area contributed by atoms with Crippen molar-refractivity contribution >= 4 is 18.3 Å². The van der Waals surface area contributed by atoms with Crippen LogP contribution in [0, 0.1) is 5.92 Å². The Labute approximate surface area is 170 Å². The second kappa shape index (κ2) is 8.47. The summed E-state index contributed by atoms with van der Waals surface area (Å²) in [6, 6.07) is 14.1. The van der Waals surface area contributed by atoms with Gasteiger partial charge in [0.1, 0.15) is 0 Å². The molecule has 2 aliphatic heterocycles. The summed E-state index contributed by atoms with van der Waals surface area (Å²) in [6.07, 6.45) is 1.39. The molecule has 4 rings (SSSR count). The predicted molar refractivity (Wildman–Crippen MR) is 110 cm³/mol. The minimum atomic E-state index is -0.586. The Morgan fingerprint density at radius 3 is 2.61 bits per heavy atom. The molecule has 1 saturated heterocycles. The Bertz CT molecular complexity index is 886. The molecular weight excluding hydrogens is 378 g/mol. The van der Waals surface area contributed by atoms with E-state index in [-0.39, 0.29) is 48.4 Å². The van der Waals surface area contributed by atoms with E-state index < -0.39 is 6.04 Å². The highest BCUT2D eigenvalue weighted by Gasteiger charge is 2.42. The maximum Gasteiger partial charge on any atom is 0.251 e. The first-order chi connectivity index (χ1) is 13.1. The number of nitrogens with two attached hydrogens (primary N) is 1. The molecule has 0 saturated carbocycles. The average Bonchev–Trinajstić information content (AvgIpc) is 2.69. The van der Waals surface area contributed by atoms with Crippen LogP contribution >= 0.6 is 12.4 Å². The number of likely N-dealkylation sites (tertiary alicyclic amines) is 1. The second-order valence-electron chi connectivity index (χ2n) is 7.64. The first-order valence-corrected chi connectivity index (χ1v) is 9.49. The van der Waals surface area contributed by atoms with Crippen molar-refractivity contribution in [1.29, 1.82) is 0 Å². The van der Waals surface area contributed by atoms with Crippen molar-refractivity contribution < 1.29 is 9.90 Å². The molecule has 6 nitrogen and oxygen atoms in total. The molecule has 1 amide bonds. The standard InChI is InChI=1S/C21H25N3O3.ClH/c22-17(9-14-5-2-1-3-6-14)21(27)23-11-15-10-16(12-23)19(13-25)24-18(15)7-4-8-20(24)26;/h1-8,15-17,19,25H,9-13,22H2;1H/t15-,16+,17-,19+;/m1./s1. The van der Waals surface area contributed by atoms with Crippen molar-refractivity contribution in [2.45, 2.75) is 30.8 Å². The minimum absolute atomic E-state index is 0. The number of piperidine rings is 1. The fraction of sp³-hybridized carbons (Fsp3) is 0.429. The van der Waals surface area contributed by atoms with Crippen LogP contribution in [-0.4, -0.2) is 46.2 Å². The van der Waals surface area contributed by atoms with Crippen LogP contribution in [0.5, 0.6) is 0 Å². The smallest absolute Gasteiger partial charge is 0.251 e. The highest BCUT2D eigenvalue weighted by atomic mass is 35.5. The molecule has 0 unspecified atom stereocenters. The fourth-order valence-corrected chi connectivity index (χ4v) is 4.65. The third-order valence-electron chi connectivity index (χ3n) is 5.91. The summed E-state index contributed by atoms with van der Waals surface area (Å²) in [7, 11) is 0. The number of benzene rings is 1. The van der Waals surface area contributed by atoms with Crippen molar-refractivity contribution in [2.24, 2.45) is 11.7 Å². The first kappa shape index (κ1) is 20.6. The molecule has 3 heterocycles. The molecular formula is C21H26ClN3O3. The summed E-state index contributed by atoms with van der Waals surface area (Å²) in [5.41, 5.74) is 8.09. The third kappa shape index (κ3) is 3.72. The first-order valence-electron chi connectivity index (χ1n) is 9.49. The van der Waals surface area contributed by atoms with E-state index in [1.165, 1.54) is 6.07 Å². The summed E-state index contributed by atoms with van der Waals surface area (Å²) in [5.74, 6) is 0.111. The number of halogens is 1. The maximum atomic E-state index is 13.0. The van der Waals surface area contributed by atoms with Crippen LogP contribution in [0.2, 0.25) is 0 Å². The predicted octanol–water partition coefficient (Wildman–Crippen LogP) is 1.32. The molecule has 28 heavy (non-hydrogen) atoms. The van der Waals surface area contributed by atoms with Crippen LogP contribution in [0.15, 0.2) is 53.3 Å². The van der Waals surface area contributed by atoms with Gasteiger partial charge in [0.05, 0.1) is 18.7 Å². The fourth-order valence-electron chi connectivity index (χ4n) is 4.65. The Morgan fingerprint density at radius 1 is 1.14 bits per heavy atom. The van der Waals surface area contributed by atoms with Gasteiger partial charge in [-0.05, 0) is 24.5 Å². The van der Waals surface area contributed by atoms with Gasteiger partial charge >= 0.3 is 0 Å². The number of pyridine rings is 1. The van der Waals surface area contributed by atoms with Crippen molar-refractivity contribution in [3.05, 3.63) is 70.1 Å². The second-order valence-corrected chi connectivity index (χ2v) is 7.64. The van der Waals surface area contributed by atoms with Gasteiger partial charge in [-0.1, -0.05) is 36.4 Å². The van der Waals surface area contributed by atoms with Crippen molar-refractivity contribution in [1.82, 2.24) is 9.47 Å². The highest BCUT2D eigenvalue weighted by molar-refractivity contribution is 5.85. The number of aliphatic hydroxyl groups excluding tert-OH is 1. The molecule has 0 spiro atoms. The SMILES string of the molecule is Cl.N[C@H](Cc1ccccc1)C(=O)N1C[C@H]2C[C@@H](C1)[C@H](CO)n1c2cccc1=O. The monoisotopic (exact) mass is 403 g/mol. The lowest BCUT2D eigenvalue weighted by Gasteiger charge is -2.47. The molecule has 2 aliphatic rings. The van der Waals surface area contributed by atoms with Crippen LogP contribution in [0.4, 0.5) is 0 Å². The van der Waals surface area contributed by atoms with E-state index >= 15 is 0 Å². The van der Waals surface area contributed by atoms with E-state index in [1.807, 2.05) is 41.3 Å². The molecule has 7 heteroatoms. The summed E-state index contributed by atoms with van der Waals surface area (Å²) < 4.78 is 1.73. The van der Waals surface area contributed by atoms with Gasteiger partial charge in [0.2, 0.25) is 5.91 Å². The van der Waals surface area contributed by atoms with Crippen LogP contribution < -0.4 is 11.3 Å². The summed E-state index contributed by atoms with van der Waals surface area (Å²) in [5, 5.41) is 9.92. The number of amides is 1. The van der Waals surface area contributed by atoms with Gasteiger partial charge in [-0.25, -0.2) is 0 Å². The molecule has 3 N–H and O–H groups in total. The summed E-state index contributed by atoms with van der Waals surface area (Å²) in [4.78, 5) is 27.1. The van der Waals surface area contributed by atoms with E-state index in [2.05, 4.69) is 0 Å². The molecule has 150 valence electrons. The minimum Gasteiger partial charge on any atom is -0.394 e. The van der Waals surface area contributed by atoms with Crippen molar-refractivity contribution in [3.63, 3.8) is 0 Å². The van der Waals surface area contributed by atoms with E-state index in [0.717, 1.165) is 17.7 Å². The number of aliphatic hydroxyl groups is 1. The molecule has 2 bridgehead atoms. The van der Waals surface area contributed by atoms with Crippen molar-refractivity contribution in [2.75, 3.05) is 19.7 Å². The summed E-state index contributed by atoms with van der Waals surface area (Å²) in [6.45, 7) is 0.996. The lowest BCUT2D eigenvalue weighted by Crippen LogP contribution is -2.55. The lowest BCUT2D eigenvalue weighted by molar-refractivity contribution is -0.136. The number of carbonyl (C=O) groups is 1. The molecule has 1 fully saturated rings. The maximum absolute atomic E-state index is 13.0. The molecule has 4 atom stereocenters. The molecule has 2 aromatic rings. The quantitative estimate of drug-likeness (QED) is 0.805. The van der Waals surface area contributed by atoms with Gasteiger partial charge < -0.3 is 20.3 Å². The third-order valence-corrected chi connectivity index (χ3v) is 5.91. The lowest BCUT2D eigenvalue weighted by atomic mass is 9.78. The number of nitrogens with zero attached hydrogens (tertiary/aromatic N) is 2. The zero-order chi connectivity index (χ0) is 19.0. The zero-order valence-electron chi connectivity index (χ0n) is 15.6. The van der Waals surface area contributed by atoms with Gasteiger partial charge in [0, 0.05) is 36.7 Å². The largest absolute Gasteiger partial charge is 0.394 e. The zero-order valence-corrected chi connectivity index (χ0v) is 16.4. The number of hydrogen-bond donors (Lipinski definition) is 2. The van der Waals surface area contributed by atoms with Crippen LogP contribution in [0.3, 0.4) is 0 Å². The molecule has 0 aliphatic carbocycles. The number of hydrogen-bond acceptors (Lipinski definition) is 4. The van der Waals surface area contributed by atoms with E-state index in [9.17, 15) is 14.7 Å². The normalized spacial score (nSPS) is 24.1. The van der Waals surface area contributed by atoms with Crippen molar-refractivity contribution in [3.8, 4) is 0 Å². The van der Waals surface area contributed by atoms with Gasteiger partial charge in [0.15, 0.2) is 0 Å². The molecule has 0 radical (unpaired) electrons. The molecule has 1 aromatic heterocycles. The number of fused-ring (bicyclic) bond motifs is 4. The van der Waals surface area contributed by atoms with E-state index in [0.29, 0.717) is 19.5 Å². The van der Waals surface area contributed by atoms with Crippen LogP contribution in [-0.2, 0) is 11.2 Å². The van der Waals surface area contributed by atoms with Gasteiger partial charge in [0.25, 0.3) is 5.56 Å². The Hall–Kier alpha value is -2.15. The number of aromatic nitrogens is 1.